The van der Waals surface area contributed by atoms with Crippen LogP contribution in [0, 0.1) is 5.82 Å². The zero-order valence-corrected chi connectivity index (χ0v) is 10.0. The van der Waals surface area contributed by atoms with Crippen LogP contribution in [0.5, 0.6) is 0 Å². The molecule has 0 aliphatic carbocycles. The fraction of sp³-hybridized carbons (Fsp3) is 0.385. The van der Waals surface area contributed by atoms with Gasteiger partial charge in [0.1, 0.15) is 17.5 Å². The lowest BCUT2D eigenvalue weighted by atomic mass is 10.1. The Kier molecular flexibility index (Phi) is 2.83. The monoisotopic (exact) mass is 246 g/mol. The van der Waals surface area contributed by atoms with Gasteiger partial charge in [-0.05, 0) is 30.5 Å². The van der Waals surface area contributed by atoms with Crippen molar-refractivity contribution in [3.63, 3.8) is 0 Å². The predicted octanol–water partition coefficient (Wildman–Crippen LogP) is 1.80. The summed E-state index contributed by atoms with van der Waals surface area (Å²) < 4.78 is 14.9. The fourth-order valence-electron chi connectivity index (χ4n) is 2.38. The van der Waals surface area contributed by atoms with Crippen LogP contribution in [0.25, 0.3) is 0 Å². The zero-order chi connectivity index (χ0) is 12.5. The van der Waals surface area contributed by atoms with Gasteiger partial charge in [0, 0.05) is 13.0 Å². The number of nitrogens with two attached hydrogens (primary N) is 1. The van der Waals surface area contributed by atoms with Crippen molar-refractivity contribution in [2.24, 2.45) is 5.73 Å². The van der Waals surface area contributed by atoms with Gasteiger partial charge in [0.05, 0.1) is 6.04 Å². The average Bonchev–Trinajstić information content (AvgIpc) is 2.77. The normalized spacial score (nSPS) is 18.7. The molecule has 1 atom stereocenters. The van der Waals surface area contributed by atoms with E-state index in [4.69, 9.17) is 5.73 Å². The van der Waals surface area contributed by atoms with E-state index in [9.17, 15) is 4.39 Å². The molecule has 1 unspecified atom stereocenters. The van der Waals surface area contributed by atoms with Crippen LogP contribution < -0.4 is 5.73 Å². The maximum atomic E-state index is 12.8. The summed E-state index contributed by atoms with van der Waals surface area (Å²) in [6, 6.07) is 6.48. The van der Waals surface area contributed by atoms with Crippen molar-refractivity contribution in [1.29, 1.82) is 0 Å². The van der Waals surface area contributed by atoms with Gasteiger partial charge in [0.15, 0.2) is 0 Å². The smallest absolute Gasteiger partial charge is 0.149 e. The summed E-state index contributed by atoms with van der Waals surface area (Å²) in [5.74, 6) is 1.56. The van der Waals surface area contributed by atoms with Gasteiger partial charge in [0.2, 0.25) is 0 Å². The maximum Gasteiger partial charge on any atom is 0.149 e. The highest BCUT2D eigenvalue weighted by Gasteiger charge is 2.21. The van der Waals surface area contributed by atoms with E-state index in [2.05, 4.69) is 14.8 Å². The first-order valence-corrected chi connectivity index (χ1v) is 6.16. The Balaban J connectivity index is 1.87. The molecule has 5 heteroatoms. The molecule has 0 spiro atoms. The summed E-state index contributed by atoms with van der Waals surface area (Å²) in [6.45, 7) is 0.923. The number of aromatic nitrogens is 3. The molecule has 0 fully saturated rings. The summed E-state index contributed by atoms with van der Waals surface area (Å²) in [5, 5.41) is 8.37. The van der Waals surface area contributed by atoms with Crippen molar-refractivity contribution in [2.45, 2.75) is 31.8 Å². The molecule has 94 valence electrons. The van der Waals surface area contributed by atoms with E-state index in [1.807, 2.05) is 0 Å². The van der Waals surface area contributed by atoms with E-state index in [1.165, 1.54) is 12.1 Å². The maximum absolute atomic E-state index is 12.8. The quantitative estimate of drug-likeness (QED) is 0.879. The average molecular weight is 246 g/mol. The molecule has 1 aliphatic heterocycles. The summed E-state index contributed by atoms with van der Waals surface area (Å²) in [5.41, 5.74) is 7.03. The van der Waals surface area contributed by atoms with Gasteiger partial charge < -0.3 is 10.3 Å². The Hall–Kier alpha value is -1.75. The third-order valence-electron chi connectivity index (χ3n) is 3.36. The summed E-state index contributed by atoms with van der Waals surface area (Å²) in [7, 11) is 0. The van der Waals surface area contributed by atoms with Gasteiger partial charge in [-0.3, -0.25) is 0 Å². The van der Waals surface area contributed by atoms with Crippen LogP contribution in [0.15, 0.2) is 24.3 Å². The van der Waals surface area contributed by atoms with Crippen molar-refractivity contribution >= 4 is 0 Å². The van der Waals surface area contributed by atoms with E-state index in [0.29, 0.717) is 6.42 Å². The first-order valence-electron chi connectivity index (χ1n) is 6.16. The minimum Gasteiger partial charge on any atom is -0.321 e. The van der Waals surface area contributed by atoms with Gasteiger partial charge in [-0.1, -0.05) is 12.1 Å². The molecule has 0 bridgehead atoms. The number of benzene rings is 1. The van der Waals surface area contributed by atoms with Crippen molar-refractivity contribution in [3.8, 4) is 0 Å². The molecule has 1 aromatic carbocycles. The molecule has 0 saturated heterocycles. The molecule has 3 rings (SSSR count). The van der Waals surface area contributed by atoms with Crippen LogP contribution in [-0.2, 0) is 13.0 Å². The fourth-order valence-corrected chi connectivity index (χ4v) is 2.38. The molecular weight excluding hydrogens is 231 g/mol. The van der Waals surface area contributed by atoms with E-state index >= 15 is 0 Å². The Morgan fingerprint density at radius 3 is 2.83 bits per heavy atom. The molecule has 2 heterocycles. The first kappa shape index (κ1) is 11.3. The minimum absolute atomic E-state index is 0.00628. The highest BCUT2D eigenvalue weighted by atomic mass is 19.1. The van der Waals surface area contributed by atoms with Gasteiger partial charge >= 0.3 is 0 Å². The number of halogens is 1. The summed E-state index contributed by atoms with van der Waals surface area (Å²) >= 11 is 0. The summed E-state index contributed by atoms with van der Waals surface area (Å²) in [4.78, 5) is 0. The molecule has 0 saturated carbocycles. The number of rotatable bonds is 2. The second-order valence-corrected chi connectivity index (χ2v) is 4.68. The van der Waals surface area contributed by atoms with Gasteiger partial charge in [0.25, 0.3) is 0 Å². The van der Waals surface area contributed by atoms with Crippen molar-refractivity contribution in [1.82, 2.24) is 14.8 Å². The molecule has 0 amide bonds. The number of hydrogen-bond donors (Lipinski definition) is 1. The van der Waals surface area contributed by atoms with E-state index in [0.717, 1.165) is 36.6 Å². The third-order valence-corrected chi connectivity index (χ3v) is 3.36. The van der Waals surface area contributed by atoms with Gasteiger partial charge in [-0.15, -0.1) is 10.2 Å². The van der Waals surface area contributed by atoms with E-state index in [1.54, 1.807) is 12.1 Å². The molecule has 4 nitrogen and oxygen atoms in total. The number of nitrogens with zero attached hydrogens (tertiary/aromatic N) is 3. The Morgan fingerprint density at radius 1 is 1.28 bits per heavy atom. The molecular formula is C13H15FN4. The lowest BCUT2D eigenvalue weighted by molar-refractivity contribution is 0.444. The first-order chi connectivity index (χ1) is 8.74. The largest absolute Gasteiger partial charge is 0.321 e. The SMILES string of the molecule is NC1CCCn2c(Cc3ccc(F)cc3)nnc21. The highest BCUT2D eigenvalue weighted by molar-refractivity contribution is 5.20. The summed E-state index contributed by atoms with van der Waals surface area (Å²) in [6.07, 6.45) is 2.69. The third kappa shape index (κ3) is 2.01. The Labute approximate surface area is 105 Å². The van der Waals surface area contributed by atoms with Crippen LogP contribution in [0.3, 0.4) is 0 Å². The second-order valence-electron chi connectivity index (χ2n) is 4.68. The van der Waals surface area contributed by atoms with Crippen molar-refractivity contribution in [2.75, 3.05) is 0 Å². The molecule has 1 aromatic heterocycles. The molecule has 2 aromatic rings. The molecule has 2 N–H and O–H groups in total. The number of fused-ring (bicyclic) bond motifs is 1. The van der Waals surface area contributed by atoms with Gasteiger partial charge in [-0.25, -0.2) is 4.39 Å². The predicted molar refractivity (Wildman–Crippen MR) is 65.4 cm³/mol. The highest BCUT2D eigenvalue weighted by Crippen LogP contribution is 2.22. The zero-order valence-electron chi connectivity index (χ0n) is 10.0. The lowest BCUT2D eigenvalue weighted by Crippen LogP contribution is -2.23. The second kappa shape index (κ2) is 4.49. The number of hydrogen-bond acceptors (Lipinski definition) is 3. The molecule has 1 aliphatic rings. The van der Waals surface area contributed by atoms with Crippen molar-refractivity contribution < 1.29 is 4.39 Å². The minimum atomic E-state index is -0.218. The Morgan fingerprint density at radius 2 is 2.06 bits per heavy atom. The van der Waals surface area contributed by atoms with Crippen molar-refractivity contribution in [3.05, 3.63) is 47.3 Å². The standard InChI is InChI=1S/C13H15FN4/c14-10-5-3-9(4-6-10)8-12-16-17-13-11(15)2-1-7-18(12)13/h3-6,11H,1-2,7-8,15H2. The van der Waals surface area contributed by atoms with Gasteiger partial charge in [-0.2, -0.15) is 0 Å². The van der Waals surface area contributed by atoms with Crippen LogP contribution >= 0.6 is 0 Å². The topological polar surface area (TPSA) is 56.7 Å². The molecule has 0 radical (unpaired) electrons. The van der Waals surface area contributed by atoms with Crippen LogP contribution in [0.4, 0.5) is 4.39 Å². The lowest BCUT2D eigenvalue weighted by Gasteiger charge is -2.20. The van der Waals surface area contributed by atoms with Crippen LogP contribution in [-0.4, -0.2) is 14.8 Å². The Bertz CT molecular complexity index is 547. The van der Waals surface area contributed by atoms with E-state index < -0.39 is 0 Å². The van der Waals surface area contributed by atoms with E-state index in [-0.39, 0.29) is 11.9 Å². The van der Waals surface area contributed by atoms with Crippen LogP contribution in [0.1, 0.15) is 36.1 Å². The molecule has 18 heavy (non-hydrogen) atoms. The van der Waals surface area contributed by atoms with Crippen LogP contribution in [0.2, 0.25) is 0 Å².